The molecule has 2 rings (SSSR count). The average molecular weight is 278 g/mol. The van der Waals surface area contributed by atoms with E-state index in [1.165, 1.54) is 12.1 Å². The van der Waals surface area contributed by atoms with E-state index in [0.717, 1.165) is 25.6 Å². The molecule has 2 heterocycles. The normalized spacial score (nSPS) is 12.6. The second-order valence-corrected chi connectivity index (χ2v) is 4.77. The molecule has 5 nitrogen and oxygen atoms in total. The smallest absolute Gasteiger partial charge is 0.227 e. The van der Waals surface area contributed by atoms with Gasteiger partial charge in [0.25, 0.3) is 0 Å². The van der Waals surface area contributed by atoms with Crippen LogP contribution in [0.15, 0.2) is 22.9 Å². The third-order valence-electron chi connectivity index (χ3n) is 2.96. The molecule has 0 radical (unpaired) electrons. The monoisotopic (exact) mass is 278 g/mol. The Bertz CT molecular complexity index is 526. The van der Waals surface area contributed by atoms with E-state index in [0.29, 0.717) is 29.9 Å². The van der Waals surface area contributed by atoms with E-state index < -0.39 is 0 Å². The summed E-state index contributed by atoms with van der Waals surface area (Å²) in [5.74, 6) is 0.596. The molecule has 0 amide bonds. The first kappa shape index (κ1) is 14.6. The fourth-order valence-corrected chi connectivity index (χ4v) is 1.80. The summed E-state index contributed by atoms with van der Waals surface area (Å²) in [6.45, 7) is 5.28. The van der Waals surface area contributed by atoms with Crippen molar-refractivity contribution < 1.29 is 8.91 Å². The van der Waals surface area contributed by atoms with Crippen molar-refractivity contribution in [1.82, 2.24) is 20.4 Å². The summed E-state index contributed by atoms with van der Waals surface area (Å²) in [6, 6.07) is 3.28. The Kier molecular flexibility index (Phi) is 5.17. The van der Waals surface area contributed by atoms with Crippen molar-refractivity contribution in [3.63, 3.8) is 0 Å². The highest BCUT2D eigenvalue weighted by atomic mass is 19.1. The number of hydrogen-bond donors (Lipinski definition) is 1. The molecule has 108 valence electrons. The molecule has 20 heavy (non-hydrogen) atoms. The highest BCUT2D eigenvalue weighted by molar-refractivity contribution is 5.47. The zero-order valence-electron chi connectivity index (χ0n) is 11.8. The summed E-state index contributed by atoms with van der Waals surface area (Å²) in [5, 5.41) is 7.27. The van der Waals surface area contributed by atoms with Crippen LogP contribution < -0.4 is 5.32 Å². The van der Waals surface area contributed by atoms with Gasteiger partial charge in [0.05, 0.1) is 6.20 Å². The van der Waals surface area contributed by atoms with Gasteiger partial charge in [-0.25, -0.2) is 9.37 Å². The molecule has 1 unspecified atom stereocenters. The van der Waals surface area contributed by atoms with Gasteiger partial charge < -0.3 is 9.84 Å². The van der Waals surface area contributed by atoms with Crippen molar-refractivity contribution in [3.05, 3.63) is 30.0 Å². The zero-order valence-corrected chi connectivity index (χ0v) is 11.8. The molecule has 0 saturated heterocycles. The molecular formula is C14H19FN4O. The van der Waals surface area contributed by atoms with Crippen LogP contribution >= 0.6 is 0 Å². The molecule has 0 aliphatic heterocycles. The molecule has 0 aliphatic carbocycles. The molecule has 0 fully saturated rings. The Balaban J connectivity index is 1.90. The van der Waals surface area contributed by atoms with Gasteiger partial charge in [0.15, 0.2) is 0 Å². The Morgan fingerprint density at radius 2 is 2.25 bits per heavy atom. The molecule has 0 spiro atoms. The molecule has 0 aromatic carbocycles. The minimum absolute atomic E-state index is 0.381. The van der Waals surface area contributed by atoms with Gasteiger partial charge >= 0.3 is 0 Å². The van der Waals surface area contributed by atoms with Crippen LogP contribution in [0.1, 0.15) is 32.6 Å². The fourth-order valence-electron chi connectivity index (χ4n) is 1.80. The van der Waals surface area contributed by atoms with Gasteiger partial charge in [-0.15, -0.1) is 0 Å². The number of aryl methyl sites for hydroxylation is 1. The summed E-state index contributed by atoms with van der Waals surface area (Å²) < 4.78 is 18.0. The number of nitrogens with zero attached hydrogens (tertiary/aromatic N) is 3. The van der Waals surface area contributed by atoms with E-state index >= 15 is 0 Å². The van der Waals surface area contributed by atoms with Crippen LogP contribution in [0, 0.1) is 5.82 Å². The van der Waals surface area contributed by atoms with E-state index in [4.69, 9.17) is 4.52 Å². The van der Waals surface area contributed by atoms with Gasteiger partial charge in [-0.1, -0.05) is 12.1 Å². The number of nitrogens with one attached hydrogen (secondary N) is 1. The lowest BCUT2D eigenvalue weighted by Gasteiger charge is -2.10. The second kappa shape index (κ2) is 7.09. The predicted octanol–water partition coefficient (Wildman–Crippen LogP) is 2.59. The Morgan fingerprint density at radius 3 is 2.95 bits per heavy atom. The summed E-state index contributed by atoms with van der Waals surface area (Å²) in [4.78, 5) is 8.20. The fraction of sp³-hybridized carbons (Fsp3) is 0.500. The molecule has 1 N–H and O–H groups in total. The highest BCUT2D eigenvalue weighted by Crippen LogP contribution is 2.14. The maximum atomic E-state index is 12.8. The van der Waals surface area contributed by atoms with Crippen LogP contribution in [0.4, 0.5) is 4.39 Å². The minimum atomic E-state index is -0.381. The van der Waals surface area contributed by atoms with Crippen molar-refractivity contribution in [2.75, 3.05) is 6.54 Å². The topological polar surface area (TPSA) is 63.8 Å². The molecule has 2 aromatic heterocycles. The maximum Gasteiger partial charge on any atom is 0.227 e. The van der Waals surface area contributed by atoms with Crippen LogP contribution in [0.5, 0.6) is 0 Å². The number of rotatable bonds is 7. The lowest BCUT2D eigenvalue weighted by molar-refractivity contribution is 0.367. The standard InChI is InChI=1S/C14H19FN4O/c1-3-8-16-10(2)4-7-13-18-14(19-20-13)12-6-5-11(15)9-17-12/h5-6,9-10,16H,3-4,7-8H2,1-2H3. The van der Waals surface area contributed by atoms with Crippen molar-refractivity contribution in [1.29, 1.82) is 0 Å². The quantitative estimate of drug-likeness (QED) is 0.843. The third kappa shape index (κ3) is 4.09. The van der Waals surface area contributed by atoms with Gasteiger partial charge in [0, 0.05) is 12.5 Å². The number of aromatic nitrogens is 3. The second-order valence-electron chi connectivity index (χ2n) is 4.77. The van der Waals surface area contributed by atoms with Crippen LogP contribution in [0.2, 0.25) is 0 Å². The summed E-state index contributed by atoms with van der Waals surface area (Å²) in [5.41, 5.74) is 0.513. The summed E-state index contributed by atoms with van der Waals surface area (Å²) in [7, 11) is 0. The third-order valence-corrected chi connectivity index (χ3v) is 2.96. The first-order valence-corrected chi connectivity index (χ1v) is 6.87. The number of halogens is 1. The highest BCUT2D eigenvalue weighted by Gasteiger charge is 2.11. The number of hydrogen-bond acceptors (Lipinski definition) is 5. The van der Waals surface area contributed by atoms with Crippen LogP contribution in [0.3, 0.4) is 0 Å². The van der Waals surface area contributed by atoms with E-state index in [-0.39, 0.29) is 5.82 Å². The van der Waals surface area contributed by atoms with E-state index in [1.54, 1.807) is 0 Å². The molecule has 0 bridgehead atoms. The van der Waals surface area contributed by atoms with Crippen molar-refractivity contribution in [2.45, 2.75) is 39.2 Å². The van der Waals surface area contributed by atoms with Crippen molar-refractivity contribution >= 4 is 0 Å². The largest absolute Gasteiger partial charge is 0.339 e. The van der Waals surface area contributed by atoms with Crippen LogP contribution in [-0.4, -0.2) is 27.7 Å². The zero-order chi connectivity index (χ0) is 14.4. The van der Waals surface area contributed by atoms with Crippen molar-refractivity contribution in [3.8, 4) is 11.5 Å². The molecular weight excluding hydrogens is 259 g/mol. The molecule has 0 aliphatic rings. The van der Waals surface area contributed by atoms with E-state index in [9.17, 15) is 4.39 Å². The number of pyridine rings is 1. The maximum absolute atomic E-state index is 12.8. The first-order chi connectivity index (χ1) is 9.69. The van der Waals surface area contributed by atoms with Crippen LogP contribution in [0.25, 0.3) is 11.5 Å². The average Bonchev–Trinajstić information content (AvgIpc) is 2.92. The van der Waals surface area contributed by atoms with Gasteiger partial charge in [-0.05, 0) is 38.4 Å². The van der Waals surface area contributed by atoms with Gasteiger partial charge in [-0.2, -0.15) is 4.98 Å². The van der Waals surface area contributed by atoms with Gasteiger partial charge in [0.2, 0.25) is 11.7 Å². The molecule has 2 aromatic rings. The predicted molar refractivity (Wildman–Crippen MR) is 73.6 cm³/mol. The molecule has 6 heteroatoms. The Hall–Kier alpha value is -1.82. The summed E-state index contributed by atoms with van der Waals surface area (Å²) >= 11 is 0. The SMILES string of the molecule is CCCNC(C)CCc1nc(-c2ccc(F)cn2)no1. The lowest BCUT2D eigenvalue weighted by atomic mass is 10.2. The van der Waals surface area contributed by atoms with Crippen molar-refractivity contribution in [2.24, 2.45) is 0 Å². The molecule has 0 saturated carbocycles. The molecule has 1 atom stereocenters. The van der Waals surface area contributed by atoms with Crippen LogP contribution in [-0.2, 0) is 6.42 Å². The van der Waals surface area contributed by atoms with E-state index in [1.807, 2.05) is 0 Å². The van der Waals surface area contributed by atoms with Gasteiger partial charge in [-0.3, -0.25) is 0 Å². The minimum Gasteiger partial charge on any atom is -0.339 e. The lowest BCUT2D eigenvalue weighted by Crippen LogP contribution is -2.27. The first-order valence-electron chi connectivity index (χ1n) is 6.87. The van der Waals surface area contributed by atoms with E-state index in [2.05, 4.69) is 34.3 Å². The van der Waals surface area contributed by atoms with Gasteiger partial charge in [0.1, 0.15) is 11.5 Å². The Morgan fingerprint density at radius 1 is 1.40 bits per heavy atom. The summed E-state index contributed by atoms with van der Waals surface area (Å²) in [6.07, 6.45) is 3.90. The Labute approximate surface area is 117 Å².